The Bertz CT molecular complexity index is 936. The van der Waals surface area contributed by atoms with Crippen LogP contribution in [0, 0.1) is 6.92 Å². The first kappa shape index (κ1) is 19.4. The van der Waals surface area contributed by atoms with Gasteiger partial charge in [0.25, 0.3) is 0 Å². The van der Waals surface area contributed by atoms with Crippen molar-refractivity contribution < 1.29 is 4.74 Å². The summed E-state index contributed by atoms with van der Waals surface area (Å²) in [5.74, 6) is 2.34. The number of aliphatic imine (C=N–C) groups is 1. The van der Waals surface area contributed by atoms with Gasteiger partial charge in [-0.05, 0) is 31.5 Å². The second-order valence-electron chi connectivity index (χ2n) is 6.57. The molecule has 7 nitrogen and oxygen atoms in total. The highest BCUT2D eigenvalue weighted by Crippen LogP contribution is 2.26. The van der Waals surface area contributed by atoms with Crippen LogP contribution in [0.25, 0.3) is 11.4 Å². The summed E-state index contributed by atoms with van der Waals surface area (Å²) in [6, 6.07) is 14.4. The molecule has 28 heavy (non-hydrogen) atoms. The molecule has 3 rings (SSSR count). The largest absolute Gasteiger partial charge is 0.496 e. The lowest BCUT2D eigenvalue weighted by molar-refractivity contribution is 0.405. The Balaban J connectivity index is 1.66. The van der Waals surface area contributed by atoms with E-state index in [0.717, 1.165) is 34.2 Å². The maximum atomic E-state index is 5.50. The summed E-state index contributed by atoms with van der Waals surface area (Å²) in [6.07, 6.45) is 1.51. The third kappa shape index (κ3) is 4.68. The Labute approximate surface area is 165 Å². The summed E-state index contributed by atoms with van der Waals surface area (Å²) in [7, 11) is 3.45. The Kier molecular flexibility index (Phi) is 6.26. The molecule has 2 aromatic carbocycles. The molecule has 1 atom stereocenters. The first-order chi connectivity index (χ1) is 13.6. The molecule has 0 fully saturated rings. The van der Waals surface area contributed by atoms with E-state index in [4.69, 9.17) is 4.74 Å². The Morgan fingerprint density at radius 1 is 1.25 bits per heavy atom. The molecule has 0 bridgehead atoms. The molecular weight excluding hydrogens is 352 g/mol. The average molecular weight is 378 g/mol. The van der Waals surface area contributed by atoms with E-state index >= 15 is 0 Å². The highest BCUT2D eigenvalue weighted by Gasteiger charge is 2.13. The lowest BCUT2D eigenvalue weighted by Crippen LogP contribution is -2.38. The van der Waals surface area contributed by atoms with Crippen molar-refractivity contribution in [1.29, 1.82) is 0 Å². The van der Waals surface area contributed by atoms with Crippen molar-refractivity contribution in [1.82, 2.24) is 25.8 Å². The van der Waals surface area contributed by atoms with Gasteiger partial charge in [0.15, 0.2) is 11.8 Å². The van der Waals surface area contributed by atoms with Crippen molar-refractivity contribution in [3.05, 3.63) is 65.5 Å². The molecule has 1 aromatic heterocycles. The van der Waals surface area contributed by atoms with Crippen LogP contribution >= 0.6 is 0 Å². The van der Waals surface area contributed by atoms with Gasteiger partial charge in [-0.25, -0.2) is 4.98 Å². The van der Waals surface area contributed by atoms with Gasteiger partial charge < -0.3 is 15.4 Å². The highest BCUT2D eigenvalue weighted by molar-refractivity contribution is 5.80. The lowest BCUT2D eigenvalue weighted by Gasteiger charge is -2.21. The van der Waals surface area contributed by atoms with E-state index < -0.39 is 0 Å². The fourth-order valence-electron chi connectivity index (χ4n) is 3.03. The molecule has 0 spiro atoms. The molecule has 0 saturated heterocycles. The smallest absolute Gasteiger partial charge is 0.191 e. The van der Waals surface area contributed by atoms with E-state index in [1.165, 1.54) is 11.9 Å². The van der Waals surface area contributed by atoms with Crippen LogP contribution in [-0.4, -0.2) is 35.3 Å². The van der Waals surface area contributed by atoms with Crippen molar-refractivity contribution >= 4 is 5.96 Å². The van der Waals surface area contributed by atoms with Gasteiger partial charge in [-0.3, -0.25) is 10.1 Å². The summed E-state index contributed by atoms with van der Waals surface area (Å²) in [6.45, 7) is 4.80. The number of hydrogen-bond acceptors (Lipinski definition) is 4. The number of nitrogens with zero attached hydrogens (tertiary/aromatic N) is 3. The minimum atomic E-state index is 0.0431. The number of H-pyrrole nitrogens is 1. The minimum absolute atomic E-state index is 0.0431. The van der Waals surface area contributed by atoms with Crippen LogP contribution in [-0.2, 0) is 6.54 Å². The quantitative estimate of drug-likeness (QED) is 0.453. The molecule has 0 aliphatic carbocycles. The van der Waals surface area contributed by atoms with Gasteiger partial charge in [0, 0.05) is 24.7 Å². The third-order valence-corrected chi connectivity index (χ3v) is 4.50. The minimum Gasteiger partial charge on any atom is -0.496 e. The fourth-order valence-corrected chi connectivity index (χ4v) is 3.03. The fraction of sp³-hybridized carbons (Fsp3) is 0.286. The van der Waals surface area contributed by atoms with E-state index in [1.807, 2.05) is 24.3 Å². The van der Waals surface area contributed by atoms with Gasteiger partial charge in [0.1, 0.15) is 12.1 Å². The van der Waals surface area contributed by atoms with E-state index in [9.17, 15) is 0 Å². The summed E-state index contributed by atoms with van der Waals surface area (Å²) < 4.78 is 5.50. The summed E-state index contributed by atoms with van der Waals surface area (Å²) >= 11 is 0. The molecule has 3 aromatic rings. The number of methoxy groups -OCH3 is 1. The summed E-state index contributed by atoms with van der Waals surface area (Å²) in [4.78, 5) is 8.54. The lowest BCUT2D eigenvalue weighted by atomic mass is 10.0. The van der Waals surface area contributed by atoms with Gasteiger partial charge >= 0.3 is 0 Å². The number of aromatic nitrogens is 3. The number of benzene rings is 2. The molecule has 0 radical (unpaired) electrons. The molecule has 0 aliphatic rings. The zero-order chi connectivity index (χ0) is 19.9. The Morgan fingerprint density at radius 3 is 2.82 bits per heavy atom. The number of aromatic amines is 1. The third-order valence-electron chi connectivity index (χ3n) is 4.50. The van der Waals surface area contributed by atoms with Crippen LogP contribution in [0.1, 0.15) is 29.7 Å². The molecule has 7 heteroatoms. The van der Waals surface area contributed by atoms with Gasteiger partial charge in [-0.1, -0.05) is 35.9 Å². The number of aryl methyl sites for hydroxylation is 1. The predicted molar refractivity (Wildman–Crippen MR) is 111 cm³/mol. The van der Waals surface area contributed by atoms with E-state index in [2.05, 4.69) is 62.9 Å². The molecule has 146 valence electrons. The van der Waals surface area contributed by atoms with Crippen LogP contribution in [0.4, 0.5) is 0 Å². The second-order valence-corrected chi connectivity index (χ2v) is 6.57. The second kappa shape index (κ2) is 9.03. The zero-order valence-electron chi connectivity index (χ0n) is 16.7. The van der Waals surface area contributed by atoms with Gasteiger partial charge in [0.05, 0.1) is 13.2 Å². The Morgan fingerprint density at radius 2 is 2.11 bits per heavy atom. The van der Waals surface area contributed by atoms with Crippen molar-refractivity contribution in [2.45, 2.75) is 26.4 Å². The number of rotatable bonds is 6. The molecule has 0 aliphatic heterocycles. The van der Waals surface area contributed by atoms with E-state index in [0.29, 0.717) is 6.54 Å². The number of guanidine groups is 1. The van der Waals surface area contributed by atoms with E-state index in [1.54, 1.807) is 14.2 Å². The number of hydrogen-bond donors (Lipinski definition) is 3. The van der Waals surface area contributed by atoms with Crippen LogP contribution in [0.5, 0.6) is 5.75 Å². The van der Waals surface area contributed by atoms with E-state index in [-0.39, 0.29) is 6.04 Å². The number of nitrogens with one attached hydrogen (secondary N) is 3. The van der Waals surface area contributed by atoms with Gasteiger partial charge in [-0.2, -0.15) is 5.10 Å². The highest BCUT2D eigenvalue weighted by atomic mass is 16.5. The molecule has 1 unspecified atom stereocenters. The Hall–Kier alpha value is -3.35. The van der Waals surface area contributed by atoms with Crippen LogP contribution in [0.3, 0.4) is 0 Å². The number of ether oxygens (including phenoxy) is 1. The van der Waals surface area contributed by atoms with Crippen molar-refractivity contribution in [3.8, 4) is 17.1 Å². The van der Waals surface area contributed by atoms with Crippen molar-refractivity contribution in [3.63, 3.8) is 0 Å². The van der Waals surface area contributed by atoms with Crippen LogP contribution < -0.4 is 15.4 Å². The normalized spacial score (nSPS) is 12.5. The van der Waals surface area contributed by atoms with Gasteiger partial charge in [0.2, 0.25) is 0 Å². The van der Waals surface area contributed by atoms with Crippen LogP contribution in [0.2, 0.25) is 0 Å². The maximum Gasteiger partial charge on any atom is 0.191 e. The van der Waals surface area contributed by atoms with Crippen molar-refractivity contribution in [2.24, 2.45) is 4.99 Å². The average Bonchev–Trinajstić information content (AvgIpc) is 3.26. The molecule has 0 amide bonds. The summed E-state index contributed by atoms with van der Waals surface area (Å²) in [5, 5.41) is 13.6. The van der Waals surface area contributed by atoms with Crippen LogP contribution in [0.15, 0.2) is 53.8 Å². The van der Waals surface area contributed by atoms with Crippen molar-refractivity contribution in [2.75, 3.05) is 14.2 Å². The van der Waals surface area contributed by atoms with Gasteiger partial charge in [-0.15, -0.1) is 0 Å². The standard InChI is InChI=1S/C21H26N6O/c1-14-8-9-19(28-4)18(10-14)15(2)26-21(22-3)23-12-16-6-5-7-17(11-16)20-24-13-25-27-20/h5-11,13,15H,12H2,1-4H3,(H2,22,23,26)(H,24,25,27). The SMILES string of the molecule is CN=C(NCc1cccc(-c2ncn[nH]2)c1)NC(C)c1cc(C)ccc1OC. The predicted octanol–water partition coefficient (Wildman–Crippen LogP) is 3.21. The topological polar surface area (TPSA) is 87.2 Å². The molecular formula is C21H26N6O. The monoisotopic (exact) mass is 378 g/mol. The first-order valence-electron chi connectivity index (χ1n) is 9.17. The first-order valence-corrected chi connectivity index (χ1v) is 9.17. The zero-order valence-corrected chi connectivity index (χ0v) is 16.7. The molecule has 3 N–H and O–H groups in total. The molecule has 1 heterocycles. The maximum absolute atomic E-state index is 5.50. The molecule has 0 saturated carbocycles. The summed E-state index contributed by atoms with van der Waals surface area (Å²) in [5.41, 5.74) is 4.41.